The van der Waals surface area contributed by atoms with Gasteiger partial charge >= 0.3 is 0 Å². The second-order valence-corrected chi connectivity index (χ2v) is 6.01. The largest absolute Gasteiger partial charge is 0.369 e. The zero-order chi connectivity index (χ0) is 15.4. The van der Waals surface area contributed by atoms with Crippen LogP contribution in [0.15, 0.2) is 53.6 Å². The number of hydrogen-bond acceptors (Lipinski definition) is 3. The zero-order valence-corrected chi connectivity index (χ0v) is 13.3. The van der Waals surface area contributed by atoms with Crippen molar-refractivity contribution in [2.45, 2.75) is 32.7 Å². The van der Waals surface area contributed by atoms with Crippen molar-refractivity contribution in [1.82, 2.24) is 0 Å². The molecule has 22 heavy (non-hydrogen) atoms. The van der Waals surface area contributed by atoms with Gasteiger partial charge < -0.3 is 4.90 Å². The molecular weight excluding hydrogens is 270 g/mol. The monoisotopic (exact) mass is 293 g/mol. The Hall–Kier alpha value is -2.29. The average Bonchev–Trinajstić information content (AvgIpc) is 2.55. The van der Waals surface area contributed by atoms with Gasteiger partial charge in [0.1, 0.15) is 0 Å². The third kappa shape index (κ3) is 3.30. The van der Waals surface area contributed by atoms with Crippen LogP contribution >= 0.6 is 0 Å². The van der Waals surface area contributed by atoms with E-state index in [1.165, 1.54) is 17.7 Å². The van der Waals surface area contributed by atoms with E-state index < -0.39 is 0 Å². The van der Waals surface area contributed by atoms with Gasteiger partial charge in [-0.05, 0) is 62.1 Å². The first kappa shape index (κ1) is 14.6. The zero-order valence-electron chi connectivity index (χ0n) is 13.3. The number of fused-ring (bicyclic) bond motifs is 1. The quantitative estimate of drug-likeness (QED) is 0.672. The molecule has 2 aromatic rings. The van der Waals surface area contributed by atoms with Gasteiger partial charge in [-0.3, -0.25) is 5.43 Å². The first-order valence-electron chi connectivity index (χ1n) is 7.98. The summed E-state index contributed by atoms with van der Waals surface area (Å²) in [6.45, 7) is 5.68. The van der Waals surface area contributed by atoms with E-state index >= 15 is 0 Å². The maximum absolute atomic E-state index is 4.33. The summed E-state index contributed by atoms with van der Waals surface area (Å²) in [7, 11) is 0. The van der Waals surface area contributed by atoms with Gasteiger partial charge in [-0.2, -0.15) is 5.10 Å². The van der Waals surface area contributed by atoms with E-state index in [1.807, 2.05) is 36.5 Å². The summed E-state index contributed by atoms with van der Waals surface area (Å²) >= 11 is 0. The van der Waals surface area contributed by atoms with E-state index in [9.17, 15) is 0 Å². The molecule has 0 amide bonds. The summed E-state index contributed by atoms with van der Waals surface area (Å²) in [6, 6.07) is 17.2. The normalized spacial score (nSPS) is 14.4. The van der Waals surface area contributed by atoms with Crippen molar-refractivity contribution in [1.29, 1.82) is 0 Å². The number of aryl methyl sites for hydroxylation is 1. The molecule has 0 saturated carbocycles. The SMILES string of the molecule is CC(C)N1CCCc2cc(C=NNc3ccccc3)ccc21. The molecule has 0 spiro atoms. The Bertz CT molecular complexity index is 647. The smallest absolute Gasteiger partial charge is 0.0561 e. The van der Waals surface area contributed by atoms with E-state index in [0.29, 0.717) is 6.04 Å². The van der Waals surface area contributed by atoms with Crippen LogP contribution in [0, 0.1) is 0 Å². The maximum Gasteiger partial charge on any atom is 0.0561 e. The topological polar surface area (TPSA) is 27.6 Å². The van der Waals surface area contributed by atoms with Crippen LogP contribution in [0.5, 0.6) is 0 Å². The fourth-order valence-corrected chi connectivity index (χ4v) is 2.96. The molecule has 1 N–H and O–H groups in total. The molecule has 0 atom stereocenters. The van der Waals surface area contributed by atoms with Crippen molar-refractivity contribution in [3.8, 4) is 0 Å². The third-order valence-corrected chi connectivity index (χ3v) is 4.06. The van der Waals surface area contributed by atoms with Crippen LogP contribution in [0.2, 0.25) is 0 Å². The summed E-state index contributed by atoms with van der Waals surface area (Å²) in [5.74, 6) is 0. The highest BCUT2D eigenvalue weighted by Crippen LogP contribution is 2.29. The lowest BCUT2D eigenvalue weighted by molar-refractivity contribution is 0.625. The number of benzene rings is 2. The van der Waals surface area contributed by atoms with Gasteiger partial charge in [0.15, 0.2) is 0 Å². The minimum absolute atomic E-state index is 0.554. The maximum atomic E-state index is 4.33. The molecule has 0 aromatic heterocycles. The first-order valence-corrected chi connectivity index (χ1v) is 7.98. The number of para-hydroxylation sites is 1. The number of anilines is 2. The molecule has 3 heteroatoms. The lowest BCUT2D eigenvalue weighted by Gasteiger charge is -2.34. The standard InChI is InChI=1S/C19H23N3/c1-15(2)22-12-6-7-17-13-16(10-11-19(17)22)14-20-21-18-8-4-3-5-9-18/h3-5,8-11,13-15,21H,6-7,12H2,1-2H3. The number of hydrazone groups is 1. The highest BCUT2D eigenvalue weighted by Gasteiger charge is 2.18. The molecule has 1 aliphatic rings. The van der Waals surface area contributed by atoms with Gasteiger partial charge in [-0.25, -0.2) is 0 Å². The second kappa shape index (κ2) is 6.65. The fraction of sp³-hybridized carbons (Fsp3) is 0.316. The highest BCUT2D eigenvalue weighted by atomic mass is 15.3. The Morgan fingerprint density at radius 3 is 2.73 bits per heavy atom. The molecule has 0 saturated heterocycles. The lowest BCUT2D eigenvalue weighted by atomic mass is 9.98. The molecule has 0 aliphatic carbocycles. The lowest BCUT2D eigenvalue weighted by Crippen LogP contribution is -2.35. The van der Waals surface area contributed by atoms with E-state index in [4.69, 9.17) is 0 Å². The van der Waals surface area contributed by atoms with Crippen molar-refractivity contribution < 1.29 is 0 Å². The summed E-state index contributed by atoms with van der Waals surface area (Å²) in [4.78, 5) is 2.49. The minimum Gasteiger partial charge on any atom is -0.369 e. The molecule has 3 rings (SSSR count). The van der Waals surface area contributed by atoms with Crippen molar-refractivity contribution in [3.63, 3.8) is 0 Å². The molecule has 2 aromatic carbocycles. The van der Waals surface area contributed by atoms with E-state index in [2.05, 4.69) is 47.5 Å². The molecular formula is C19H23N3. The molecule has 1 aliphatic heterocycles. The van der Waals surface area contributed by atoms with Crippen LogP contribution in [0.3, 0.4) is 0 Å². The van der Waals surface area contributed by atoms with Gasteiger partial charge in [-0.1, -0.05) is 24.3 Å². The predicted molar refractivity (Wildman–Crippen MR) is 94.9 cm³/mol. The molecule has 0 bridgehead atoms. The Labute approximate surface area is 132 Å². The van der Waals surface area contributed by atoms with Crippen molar-refractivity contribution in [3.05, 3.63) is 59.7 Å². The molecule has 114 valence electrons. The number of hydrogen-bond donors (Lipinski definition) is 1. The van der Waals surface area contributed by atoms with Gasteiger partial charge in [0.05, 0.1) is 11.9 Å². The van der Waals surface area contributed by atoms with Gasteiger partial charge in [0, 0.05) is 18.3 Å². The van der Waals surface area contributed by atoms with Crippen LogP contribution in [0.4, 0.5) is 11.4 Å². The van der Waals surface area contributed by atoms with Crippen LogP contribution in [0.1, 0.15) is 31.4 Å². The van der Waals surface area contributed by atoms with Gasteiger partial charge in [0.2, 0.25) is 0 Å². The Balaban J connectivity index is 1.73. The molecule has 0 radical (unpaired) electrons. The minimum atomic E-state index is 0.554. The number of nitrogens with one attached hydrogen (secondary N) is 1. The fourth-order valence-electron chi connectivity index (χ4n) is 2.96. The van der Waals surface area contributed by atoms with Crippen LogP contribution in [-0.2, 0) is 6.42 Å². The van der Waals surface area contributed by atoms with Gasteiger partial charge in [0.25, 0.3) is 0 Å². The third-order valence-electron chi connectivity index (χ3n) is 4.06. The summed E-state index contributed by atoms with van der Waals surface area (Å²) < 4.78 is 0. The van der Waals surface area contributed by atoms with Crippen LogP contribution in [-0.4, -0.2) is 18.8 Å². The summed E-state index contributed by atoms with van der Waals surface area (Å²) in [6.07, 6.45) is 4.28. The van der Waals surface area contributed by atoms with Gasteiger partial charge in [-0.15, -0.1) is 0 Å². The Kier molecular flexibility index (Phi) is 4.42. The Morgan fingerprint density at radius 2 is 1.95 bits per heavy atom. The summed E-state index contributed by atoms with van der Waals surface area (Å²) in [5.41, 5.74) is 8.03. The highest BCUT2D eigenvalue weighted by molar-refractivity contribution is 5.82. The molecule has 1 heterocycles. The van der Waals surface area contributed by atoms with Crippen LogP contribution < -0.4 is 10.3 Å². The van der Waals surface area contributed by atoms with Crippen molar-refractivity contribution in [2.24, 2.45) is 5.10 Å². The van der Waals surface area contributed by atoms with E-state index in [1.54, 1.807) is 0 Å². The molecule has 3 nitrogen and oxygen atoms in total. The van der Waals surface area contributed by atoms with E-state index in [-0.39, 0.29) is 0 Å². The first-order chi connectivity index (χ1) is 10.7. The molecule has 0 unspecified atom stereocenters. The van der Waals surface area contributed by atoms with Crippen molar-refractivity contribution in [2.75, 3.05) is 16.9 Å². The van der Waals surface area contributed by atoms with Crippen molar-refractivity contribution >= 4 is 17.6 Å². The Morgan fingerprint density at radius 1 is 1.14 bits per heavy atom. The average molecular weight is 293 g/mol. The van der Waals surface area contributed by atoms with Crippen LogP contribution in [0.25, 0.3) is 0 Å². The second-order valence-electron chi connectivity index (χ2n) is 6.01. The number of rotatable bonds is 4. The number of nitrogens with zero attached hydrogens (tertiary/aromatic N) is 2. The van der Waals surface area contributed by atoms with E-state index in [0.717, 1.165) is 24.2 Å². The molecule has 0 fully saturated rings. The predicted octanol–water partition coefficient (Wildman–Crippen LogP) is 4.29. The summed E-state index contributed by atoms with van der Waals surface area (Å²) in [5, 5.41) is 4.33.